The predicted molar refractivity (Wildman–Crippen MR) is 121 cm³/mol. The monoisotopic (exact) mass is 438 g/mol. The van der Waals surface area contributed by atoms with E-state index in [1.54, 1.807) is 24.2 Å². The molecular weight excluding hydrogens is 408 g/mol. The summed E-state index contributed by atoms with van der Waals surface area (Å²) < 4.78 is 0. The van der Waals surface area contributed by atoms with Crippen molar-refractivity contribution in [1.29, 1.82) is 0 Å². The van der Waals surface area contributed by atoms with E-state index in [2.05, 4.69) is 52.2 Å². The summed E-state index contributed by atoms with van der Waals surface area (Å²) in [6.45, 7) is 9.43. The summed E-state index contributed by atoms with van der Waals surface area (Å²) in [5, 5.41) is 14.1. The molecule has 5 atom stereocenters. The molecule has 6 nitrogen and oxygen atoms in total. The number of aliphatic carboxylic acids is 1. The smallest absolute Gasteiger partial charge is 0.306 e. The van der Waals surface area contributed by atoms with Crippen LogP contribution in [0.25, 0.3) is 0 Å². The molecule has 2 bridgehead atoms. The maximum atomic E-state index is 11.8. The van der Waals surface area contributed by atoms with Crippen LogP contribution in [0.2, 0.25) is 0 Å². The number of anilines is 2. The van der Waals surface area contributed by atoms with Crippen LogP contribution in [0.15, 0.2) is 40.5 Å². The number of carbonyl (C=O) groups is 1. The molecule has 1 aromatic heterocycles. The van der Waals surface area contributed by atoms with Crippen molar-refractivity contribution in [1.82, 2.24) is 14.9 Å². The summed E-state index contributed by atoms with van der Waals surface area (Å²) in [4.78, 5) is 24.3. The van der Waals surface area contributed by atoms with Gasteiger partial charge in [0.15, 0.2) is 5.82 Å². The third kappa shape index (κ3) is 3.82. The number of carboxylic acid groups (broad SMARTS) is 1. The van der Waals surface area contributed by atoms with Crippen molar-refractivity contribution < 1.29 is 9.90 Å². The van der Waals surface area contributed by atoms with Crippen LogP contribution in [-0.4, -0.2) is 39.0 Å². The van der Waals surface area contributed by atoms with Crippen LogP contribution in [0.4, 0.5) is 11.5 Å². The standard InChI is InChI=1S/C24H30N4O2S/c1-13-8-14(2)18-12-28(11-17(13)21(18)15(3)24(29)30)10-16-4-5-20-19(9-16)27-22-23(31-20)26-7-6-25-22/h4-7,9,13-15,17-18,21H,8,10-12H2,1-3H3,(H,25,27)(H,29,30). The second kappa shape index (κ2) is 8.10. The Morgan fingerprint density at radius 1 is 1.23 bits per heavy atom. The lowest BCUT2D eigenvalue weighted by atomic mass is 9.57. The van der Waals surface area contributed by atoms with Gasteiger partial charge in [-0.1, -0.05) is 38.6 Å². The van der Waals surface area contributed by atoms with Crippen molar-refractivity contribution in [2.45, 2.75) is 43.7 Å². The Kier molecular flexibility index (Phi) is 5.42. The number of fused-ring (bicyclic) bond motifs is 4. The molecule has 1 saturated carbocycles. The van der Waals surface area contributed by atoms with Crippen LogP contribution >= 0.6 is 11.8 Å². The molecule has 7 heteroatoms. The van der Waals surface area contributed by atoms with E-state index < -0.39 is 5.97 Å². The molecule has 0 spiro atoms. The number of nitrogens with zero attached hydrogens (tertiary/aromatic N) is 3. The van der Waals surface area contributed by atoms with Crippen LogP contribution in [0.1, 0.15) is 32.8 Å². The number of rotatable bonds is 4. The second-order valence-corrected chi connectivity index (χ2v) is 10.7. The first-order valence-electron chi connectivity index (χ1n) is 11.2. The minimum Gasteiger partial charge on any atom is -0.481 e. The Morgan fingerprint density at radius 3 is 2.65 bits per heavy atom. The lowest BCUT2D eigenvalue weighted by Gasteiger charge is -2.54. The summed E-state index contributed by atoms with van der Waals surface area (Å²) in [5.41, 5.74) is 2.37. The minimum atomic E-state index is -0.642. The van der Waals surface area contributed by atoms with Gasteiger partial charge in [0.05, 0.1) is 11.6 Å². The Balaban J connectivity index is 1.34. The molecule has 3 heterocycles. The van der Waals surface area contributed by atoms with Gasteiger partial charge in [0.2, 0.25) is 0 Å². The highest BCUT2D eigenvalue weighted by Crippen LogP contribution is 2.49. The molecule has 0 amide bonds. The summed E-state index contributed by atoms with van der Waals surface area (Å²) in [7, 11) is 0. The Labute approximate surface area is 187 Å². The number of benzene rings is 1. The Morgan fingerprint density at radius 2 is 1.94 bits per heavy atom. The van der Waals surface area contributed by atoms with E-state index in [4.69, 9.17) is 0 Å². The third-order valence-electron chi connectivity index (χ3n) is 7.67. The minimum absolute atomic E-state index is 0.270. The number of aromatic nitrogens is 2. The average molecular weight is 439 g/mol. The number of hydrogen-bond donors (Lipinski definition) is 2. The molecule has 2 aliphatic heterocycles. The fourth-order valence-corrected chi connectivity index (χ4v) is 7.04. The van der Waals surface area contributed by atoms with E-state index in [1.165, 1.54) is 16.9 Å². The van der Waals surface area contributed by atoms with Gasteiger partial charge in [-0.25, -0.2) is 9.97 Å². The fraction of sp³-hybridized carbons (Fsp3) is 0.542. The first-order chi connectivity index (χ1) is 14.9. The van der Waals surface area contributed by atoms with Crippen LogP contribution in [0, 0.1) is 35.5 Å². The second-order valence-electron chi connectivity index (χ2n) is 9.68. The number of piperidine rings is 1. The lowest BCUT2D eigenvalue weighted by molar-refractivity contribution is -0.150. The van der Waals surface area contributed by atoms with Gasteiger partial charge in [-0.3, -0.25) is 9.69 Å². The van der Waals surface area contributed by atoms with Crippen molar-refractivity contribution in [2.75, 3.05) is 18.4 Å². The highest BCUT2D eigenvalue weighted by molar-refractivity contribution is 7.99. The average Bonchev–Trinajstić information content (AvgIpc) is 2.75. The van der Waals surface area contributed by atoms with Gasteiger partial charge in [-0.2, -0.15) is 0 Å². The highest BCUT2D eigenvalue weighted by atomic mass is 32.2. The molecule has 3 aliphatic rings. The van der Waals surface area contributed by atoms with Crippen molar-refractivity contribution in [2.24, 2.45) is 35.5 Å². The van der Waals surface area contributed by atoms with Crippen LogP contribution < -0.4 is 5.32 Å². The maximum absolute atomic E-state index is 11.8. The summed E-state index contributed by atoms with van der Waals surface area (Å²) in [6, 6.07) is 6.61. The molecule has 2 fully saturated rings. The molecule has 2 aromatic rings. The van der Waals surface area contributed by atoms with Gasteiger partial charge < -0.3 is 10.4 Å². The molecule has 2 N–H and O–H groups in total. The zero-order valence-corrected chi connectivity index (χ0v) is 19.1. The van der Waals surface area contributed by atoms with E-state index in [0.29, 0.717) is 23.7 Å². The zero-order chi connectivity index (χ0) is 21.7. The maximum Gasteiger partial charge on any atom is 0.306 e. The van der Waals surface area contributed by atoms with Gasteiger partial charge >= 0.3 is 5.97 Å². The normalized spacial score (nSPS) is 30.6. The van der Waals surface area contributed by atoms with Gasteiger partial charge in [-0.15, -0.1) is 0 Å². The van der Waals surface area contributed by atoms with Gasteiger partial charge in [0, 0.05) is 36.9 Å². The summed E-state index contributed by atoms with van der Waals surface area (Å²) >= 11 is 1.65. The summed E-state index contributed by atoms with van der Waals surface area (Å²) in [6.07, 6.45) is 4.65. The largest absolute Gasteiger partial charge is 0.481 e. The lowest BCUT2D eigenvalue weighted by Crippen LogP contribution is -2.56. The molecule has 164 valence electrons. The van der Waals surface area contributed by atoms with E-state index in [9.17, 15) is 9.90 Å². The topological polar surface area (TPSA) is 78.3 Å². The molecule has 5 rings (SSSR count). The van der Waals surface area contributed by atoms with Crippen LogP contribution in [0.3, 0.4) is 0 Å². The first kappa shape index (κ1) is 20.8. The highest BCUT2D eigenvalue weighted by Gasteiger charge is 2.49. The predicted octanol–water partition coefficient (Wildman–Crippen LogP) is 4.75. The number of likely N-dealkylation sites (tertiary alicyclic amines) is 1. The van der Waals surface area contributed by atoms with Crippen molar-refractivity contribution in [3.63, 3.8) is 0 Å². The quantitative estimate of drug-likeness (QED) is 0.609. The zero-order valence-electron chi connectivity index (χ0n) is 18.3. The van der Waals surface area contributed by atoms with Crippen LogP contribution in [-0.2, 0) is 11.3 Å². The molecule has 1 saturated heterocycles. The van der Waals surface area contributed by atoms with E-state index in [-0.39, 0.29) is 11.8 Å². The SMILES string of the molecule is CC1CC(C)C2CN(Cc3ccc4c(c3)Nc3nccnc3S4)CC1C2C(C)C(=O)O. The van der Waals surface area contributed by atoms with Gasteiger partial charge in [0.25, 0.3) is 0 Å². The fourth-order valence-electron chi connectivity index (χ4n) is 6.16. The van der Waals surface area contributed by atoms with E-state index >= 15 is 0 Å². The van der Waals surface area contributed by atoms with E-state index in [1.807, 2.05) is 6.92 Å². The molecule has 0 radical (unpaired) electrons. The molecule has 5 unspecified atom stereocenters. The molecule has 1 aromatic carbocycles. The molecule has 31 heavy (non-hydrogen) atoms. The number of nitrogens with one attached hydrogen (secondary N) is 1. The van der Waals surface area contributed by atoms with Crippen molar-refractivity contribution in [3.05, 3.63) is 36.2 Å². The Bertz CT molecular complexity index is 981. The van der Waals surface area contributed by atoms with Crippen LogP contribution in [0.5, 0.6) is 0 Å². The van der Waals surface area contributed by atoms with Crippen molar-refractivity contribution in [3.8, 4) is 0 Å². The van der Waals surface area contributed by atoms with Crippen molar-refractivity contribution >= 4 is 29.2 Å². The Hall–Kier alpha value is -2.12. The van der Waals surface area contributed by atoms with E-state index in [0.717, 1.165) is 36.2 Å². The number of hydrogen-bond acceptors (Lipinski definition) is 6. The molecular formula is C24H30N4O2S. The number of carboxylic acids is 1. The van der Waals surface area contributed by atoms with Gasteiger partial charge in [-0.05, 0) is 53.7 Å². The third-order valence-corrected chi connectivity index (χ3v) is 8.74. The van der Waals surface area contributed by atoms with Gasteiger partial charge in [0.1, 0.15) is 5.03 Å². The molecule has 1 aliphatic carbocycles. The first-order valence-corrected chi connectivity index (χ1v) is 12.1. The summed E-state index contributed by atoms with van der Waals surface area (Å²) in [5.74, 6) is 2.23.